The Kier molecular flexibility index (Phi) is 4.93. The van der Waals surface area contributed by atoms with Crippen LogP contribution in [-0.4, -0.2) is 18.1 Å². The number of aromatic nitrogens is 1. The SMILES string of the molecule is CCNC(c1ccccc1OCC)c1scnc1C. The number of hydrogen-bond acceptors (Lipinski definition) is 4. The molecule has 4 heteroatoms. The molecule has 19 heavy (non-hydrogen) atoms. The van der Waals surface area contributed by atoms with Crippen LogP contribution < -0.4 is 10.1 Å². The van der Waals surface area contributed by atoms with Crippen LogP contribution >= 0.6 is 11.3 Å². The van der Waals surface area contributed by atoms with Crippen molar-refractivity contribution < 1.29 is 4.74 Å². The van der Waals surface area contributed by atoms with Gasteiger partial charge in [-0.25, -0.2) is 4.98 Å². The Morgan fingerprint density at radius 3 is 2.74 bits per heavy atom. The number of aryl methyl sites for hydroxylation is 1. The Balaban J connectivity index is 2.42. The standard InChI is InChI=1S/C15H20N2OS/c1-4-16-14(15-11(3)17-10-19-15)12-8-6-7-9-13(12)18-5-2/h6-10,14,16H,4-5H2,1-3H3. The van der Waals surface area contributed by atoms with Gasteiger partial charge in [0, 0.05) is 10.4 Å². The Bertz CT molecular complexity index is 524. The van der Waals surface area contributed by atoms with E-state index in [9.17, 15) is 0 Å². The van der Waals surface area contributed by atoms with E-state index in [2.05, 4.69) is 36.3 Å². The summed E-state index contributed by atoms with van der Waals surface area (Å²) in [6.45, 7) is 7.77. The minimum Gasteiger partial charge on any atom is -0.494 e. The summed E-state index contributed by atoms with van der Waals surface area (Å²) in [5.41, 5.74) is 4.17. The molecule has 0 aliphatic carbocycles. The van der Waals surface area contributed by atoms with Crippen LogP contribution in [0.25, 0.3) is 0 Å². The van der Waals surface area contributed by atoms with Gasteiger partial charge in [-0.05, 0) is 26.5 Å². The molecule has 0 aliphatic rings. The number of para-hydroxylation sites is 1. The number of nitrogens with zero attached hydrogens (tertiary/aromatic N) is 1. The van der Waals surface area contributed by atoms with Crippen molar-refractivity contribution >= 4 is 11.3 Å². The lowest BCUT2D eigenvalue weighted by Gasteiger charge is -2.20. The Labute approximate surface area is 118 Å². The van der Waals surface area contributed by atoms with Gasteiger partial charge in [-0.1, -0.05) is 25.1 Å². The van der Waals surface area contributed by atoms with Crippen molar-refractivity contribution in [3.05, 3.63) is 45.9 Å². The lowest BCUT2D eigenvalue weighted by Crippen LogP contribution is -2.22. The molecule has 1 aromatic carbocycles. The van der Waals surface area contributed by atoms with E-state index < -0.39 is 0 Å². The van der Waals surface area contributed by atoms with Gasteiger partial charge in [0.2, 0.25) is 0 Å². The summed E-state index contributed by atoms with van der Waals surface area (Å²) < 4.78 is 5.75. The third-order valence-corrected chi connectivity index (χ3v) is 3.98. The topological polar surface area (TPSA) is 34.1 Å². The first-order chi connectivity index (χ1) is 9.27. The number of ether oxygens (including phenoxy) is 1. The third-order valence-electron chi connectivity index (χ3n) is 2.98. The molecule has 1 heterocycles. The van der Waals surface area contributed by atoms with Crippen molar-refractivity contribution in [2.24, 2.45) is 0 Å². The molecule has 0 radical (unpaired) electrons. The molecule has 0 saturated carbocycles. The van der Waals surface area contributed by atoms with E-state index in [4.69, 9.17) is 4.74 Å². The van der Waals surface area contributed by atoms with Gasteiger partial charge in [-0.3, -0.25) is 0 Å². The highest BCUT2D eigenvalue weighted by Gasteiger charge is 2.20. The van der Waals surface area contributed by atoms with E-state index in [1.54, 1.807) is 11.3 Å². The summed E-state index contributed by atoms with van der Waals surface area (Å²) in [5.74, 6) is 0.948. The molecule has 3 nitrogen and oxygen atoms in total. The lowest BCUT2D eigenvalue weighted by atomic mass is 10.0. The predicted molar refractivity (Wildman–Crippen MR) is 80.0 cm³/mol. The van der Waals surface area contributed by atoms with Crippen LogP contribution in [0.4, 0.5) is 0 Å². The van der Waals surface area contributed by atoms with Crippen LogP contribution in [0.1, 0.15) is 36.0 Å². The van der Waals surface area contributed by atoms with Gasteiger partial charge in [0.25, 0.3) is 0 Å². The second kappa shape index (κ2) is 6.68. The molecule has 0 spiro atoms. The van der Waals surface area contributed by atoms with Gasteiger partial charge in [0.1, 0.15) is 5.75 Å². The van der Waals surface area contributed by atoms with Crippen LogP contribution in [0.3, 0.4) is 0 Å². The molecule has 102 valence electrons. The summed E-state index contributed by atoms with van der Waals surface area (Å²) in [4.78, 5) is 5.62. The summed E-state index contributed by atoms with van der Waals surface area (Å²) >= 11 is 1.69. The molecule has 0 bridgehead atoms. The summed E-state index contributed by atoms with van der Waals surface area (Å²) in [7, 11) is 0. The molecular weight excluding hydrogens is 256 g/mol. The number of hydrogen-bond donors (Lipinski definition) is 1. The van der Waals surface area contributed by atoms with Gasteiger partial charge < -0.3 is 10.1 Å². The van der Waals surface area contributed by atoms with Crippen LogP contribution in [0, 0.1) is 6.92 Å². The van der Waals surface area contributed by atoms with Crippen LogP contribution in [0.2, 0.25) is 0 Å². The Morgan fingerprint density at radius 2 is 2.11 bits per heavy atom. The fourth-order valence-corrected chi connectivity index (χ4v) is 3.04. The third kappa shape index (κ3) is 3.14. The van der Waals surface area contributed by atoms with Gasteiger partial charge in [-0.2, -0.15) is 0 Å². The van der Waals surface area contributed by atoms with E-state index in [0.29, 0.717) is 6.61 Å². The normalized spacial score (nSPS) is 12.4. The van der Waals surface area contributed by atoms with E-state index >= 15 is 0 Å². The van der Waals surface area contributed by atoms with E-state index in [1.807, 2.05) is 24.6 Å². The maximum atomic E-state index is 5.75. The average Bonchev–Trinajstić information content (AvgIpc) is 2.84. The molecular formula is C15H20N2OS. The van der Waals surface area contributed by atoms with Crippen molar-refractivity contribution in [1.82, 2.24) is 10.3 Å². The Hall–Kier alpha value is -1.39. The number of nitrogens with one attached hydrogen (secondary N) is 1. The second-order valence-corrected chi connectivity index (χ2v) is 5.15. The van der Waals surface area contributed by atoms with Gasteiger partial charge in [0.05, 0.1) is 23.9 Å². The molecule has 1 atom stereocenters. The zero-order chi connectivity index (χ0) is 13.7. The van der Waals surface area contributed by atoms with Gasteiger partial charge >= 0.3 is 0 Å². The fourth-order valence-electron chi connectivity index (χ4n) is 2.14. The first kappa shape index (κ1) is 14.0. The highest BCUT2D eigenvalue weighted by Crippen LogP contribution is 2.33. The van der Waals surface area contributed by atoms with Crippen molar-refractivity contribution in [2.75, 3.05) is 13.2 Å². The molecule has 2 rings (SSSR count). The van der Waals surface area contributed by atoms with Crippen LogP contribution in [-0.2, 0) is 0 Å². The molecule has 1 N–H and O–H groups in total. The number of rotatable bonds is 6. The molecule has 0 aliphatic heterocycles. The zero-order valence-electron chi connectivity index (χ0n) is 11.6. The van der Waals surface area contributed by atoms with Crippen molar-refractivity contribution in [3.63, 3.8) is 0 Å². The summed E-state index contributed by atoms with van der Waals surface area (Å²) in [6, 6.07) is 8.37. The van der Waals surface area contributed by atoms with Crippen LogP contribution in [0.5, 0.6) is 5.75 Å². The van der Waals surface area contributed by atoms with Crippen LogP contribution in [0.15, 0.2) is 29.8 Å². The minimum absolute atomic E-state index is 0.153. The number of thiazole rings is 1. The van der Waals surface area contributed by atoms with E-state index in [0.717, 1.165) is 18.0 Å². The van der Waals surface area contributed by atoms with Gasteiger partial charge in [0.15, 0.2) is 0 Å². The molecule has 1 aromatic heterocycles. The lowest BCUT2D eigenvalue weighted by molar-refractivity contribution is 0.334. The minimum atomic E-state index is 0.153. The summed E-state index contributed by atoms with van der Waals surface area (Å²) in [6.07, 6.45) is 0. The fraction of sp³-hybridized carbons (Fsp3) is 0.400. The maximum Gasteiger partial charge on any atom is 0.124 e. The average molecular weight is 276 g/mol. The van der Waals surface area contributed by atoms with E-state index in [-0.39, 0.29) is 6.04 Å². The monoisotopic (exact) mass is 276 g/mol. The van der Waals surface area contributed by atoms with Gasteiger partial charge in [-0.15, -0.1) is 11.3 Å². The van der Waals surface area contributed by atoms with E-state index in [1.165, 1.54) is 10.4 Å². The summed E-state index contributed by atoms with van der Waals surface area (Å²) in [5, 5.41) is 3.53. The Morgan fingerprint density at radius 1 is 1.32 bits per heavy atom. The second-order valence-electron chi connectivity index (χ2n) is 4.26. The largest absolute Gasteiger partial charge is 0.494 e. The first-order valence-corrected chi connectivity index (χ1v) is 7.51. The molecule has 0 fully saturated rings. The highest BCUT2D eigenvalue weighted by molar-refractivity contribution is 7.09. The number of benzene rings is 1. The molecule has 1 unspecified atom stereocenters. The molecule has 0 amide bonds. The smallest absolute Gasteiger partial charge is 0.124 e. The first-order valence-electron chi connectivity index (χ1n) is 6.63. The molecule has 2 aromatic rings. The molecule has 0 saturated heterocycles. The predicted octanol–water partition coefficient (Wildman–Crippen LogP) is 3.55. The van der Waals surface area contributed by atoms with Crippen molar-refractivity contribution in [1.29, 1.82) is 0 Å². The maximum absolute atomic E-state index is 5.75. The highest BCUT2D eigenvalue weighted by atomic mass is 32.1. The van der Waals surface area contributed by atoms with Crippen molar-refractivity contribution in [2.45, 2.75) is 26.8 Å². The zero-order valence-corrected chi connectivity index (χ0v) is 12.5. The quantitative estimate of drug-likeness (QED) is 0.876. The van der Waals surface area contributed by atoms with Crippen molar-refractivity contribution in [3.8, 4) is 5.75 Å².